The van der Waals surface area contributed by atoms with Crippen LogP contribution in [0.2, 0.25) is 29.2 Å². The Bertz CT molecular complexity index is 765. The summed E-state index contributed by atoms with van der Waals surface area (Å²) in [6.07, 6.45) is 8.08. The predicted octanol–water partition coefficient (Wildman–Crippen LogP) is 6.93. The van der Waals surface area contributed by atoms with E-state index in [1.54, 1.807) is 0 Å². The molecule has 0 bridgehead atoms. The first kappa shape index (κ1) is 31.5. The smallest absolute Gasteiger partial charge is 0.341 e. The highest BCUT2D eigenvalue weighted by molar-refractivity contribution is 6.74. The van der Waals surface area contributed by atoms with Crippen molar-refractivity contribution >= 4 is 16.9 Å². The van der Waals surface area contributed by atoms with Crippen LogP contribution >= 0.6 is 0 Å². The summed E-state index contributed by atoms with van der Waals surface area (Å²) >= 11 is 0. The van der Waals surface area contributed by atoms with Crippen LogP contribution in [-0.2, 0) is 23.1 Å². The van der Waals surface area contributed by atoms with Gasteiger partial charge < -0.3 is 27.9 Å². The second kappa shape index (κ2) is 11.8. The molecule has 37 heavy (non-hydrogen) atoms. The fourth-order valence-corrected chi connectivity index (χ4v) is 9.67. The van der Waals surface area contributed by atoms with Gasteiger partial charge in [0.25, 0.3) is 0 Å². The van der Waals surface area contributed by atoms with Crippen molar-refractivity contribution in [3.05, 3.63) is 12.2 Å². The molecule has 2 heterocycles. The highest BCUT2D eigenvalue weighted by Gasteiger charge is 2.54. The van der Waals surface area contributed by atoms with Crippen molar-refractivity contribution in [1.29, 1.82) is 0 Å². The van der Waals surface area contributed by atoms with E-state index in [-0.39, 0.29) is 52.2 Å². The number of fused-ring (bicyclic) bond motifs is 1. The van der Waals surface area contributed by atoms with Crippen molar-refractivity contribution in [3.8, 4) is 0 Å². The molecule has 0 aromatic carbocycles. The van der Waals surface area contributed by atoms with E-state index in [0.717, 1.165) is 32.3 Å². The summed E-state index contributed by atoms with van der Waals surface area (Å²) in [5.74, 6) is 0.483. The van der Waals surface area contributed by atoms with Crippen molar-refractivity contribution < 1.29 is 27.9 Å². The maximum Gasteiger partial charge on any atom is 0.341 e. The Balaban J connectivity index is 1.88. The van der Waals surface area contributed by atoms with Crippen LogP contribution in [0.4, 0.5) is 0 Å². The third-order valence-corrected chi connectivity index (χ3v) is 18.1. The summed E-state index contributed by atoms with van der Waals surface area (Å²) in [4.78, 5) is 11.6. The normalized spacial score (nSPS) is 33.6. The van der Waals surface area contributed by atoms with E-state index < -0.39 is 16.9 Å². The zero-order chi connectivity index (χ0) is 27.8. The maximum absolute atomic E-state index is 11.6. The lowest BCUT2D eigenvalue weighted by atomic mass is 9.90. The number of epoxide rings is 1. The van der Waals surface area contributed by atoms with Gasteiger partial charge in [0.15, 0.2) is 14.6 Å². The summed E-state index contributed by atoms with van der Waals surface area (Å²) in [5, 5.41) is 0.133. The molecule has 3 rings (SSSR count). The molecule has 216 valence electrons. The molecule has 1 aliphatic carbocycles. The van der Waals surface area contributed by atoms with E-state index in [4.69, 9.17) is 23.1 Å². The van der Waals surface area contributed by atoms with Gasteiger partial charge in [-0.2, -0.15) is 0 Å². The molecule has 8 heteroatoms. The number of hydrogen-bond donors (Lipinski definition) is 1. The van der Waals surface area contributed by atoms with Crippen molar-refractivity contribution in [2.24, 2.45) is 11.8 Å². The summed E-state index contributed by atoms with van der Waals surface area (Å²) < 4.78 is 31.8. The van der Waals surface area contributed by atoms with Gasteiger partial charge in [0.05, 0.1) is 30.5 Å². The van der Waals surface area contributed by atoms with E-state index >= 15 is 0 Å². The molecule has 0 spiro atoms. The fraction of sp³-hybridized carbons (Fsp3) is 0.931. The zero-order valence-electron chi connectivity index (χ0n) is 25.5. The molecule has 3 unspecified atom stereocenters. The van der Waals surface area contributed by atoms with Gasteiger partial charge in [0.1, 0.15) is 0 Å². The number of rotatable bonds is 13. The Kier molecular flexibility index (Phi) is 10.0. The van der Waals surface area contributed by atoms with Crippen molar-refractivity contribution in [2.45, 2.75) is 147 Å². The second-order valence-corrected chi connectivity index (χ2v) is 22.6. The number of hydrogen-bond acceptors (Lipinski definition) is 6. The second-order valence-electron chi connectivity index (χ2n) is 13.8. The Morgan fingerprint density at radius 3 is 2.19 bits per heavy atom. The van der Waals surface area contributed by atoms with E-state index in [2.05, 4.69) is 80.6 Å². The van der Waals surface area contributed by atoms with Gasteiger partial charge in [-0.05, 0) is 54.9 Å². The van der Waals surface area contributed by atoms with Crippen LogP contribution in [0.5, 0.6) is 0 Å². The molecule has 0 amide bonds. The van der Waals surface area contributed by atoms with E-state index in [1.807, 2.05) is 6.92 Å². The molecule has 2 saturated heterocycles. The van der Waals surface area contributed by atoms with Gasteiger partial charge in [-0.1, -0.05) is 67.5 Å². The predicted molar refractivity (Wildman–Crippen MR) is 154 cm³/mol. The molecular formula is C29H56O6Si2. The largest absolute Gasteiger partial charge is 0.410 e. The SMILES string of the molecule is CCOC1C[C@@H]2[C@H](/C=C/C(CC3(CC)CO3)O[Si](C)(C)C(C)(C)C)[C@H](O[Si](O)(C(C)C)C(C)C)C[C@@H]2O1. The van der Waals surface area contributed by atoms with Crippen molar-refractivity contribution in [1.82, 2.24) is 0 Å². The highest BCUT2D eigenvalue weighted by atomic mass is 28.4. The molecule has 7 atom stereocenters. The molecule has 1 saturated carbocycles. The minimum atomic E-state index is -2.91. The van der Waals surface area contributed by atoms with Crippen molar-refractivity contribution in [3.63, 3.8) is 0 Å². The monoisotopic (exact) mass is 556 g/mol. The molecule has 0 aromatic heterocycles. The minimum absolute atomic E-state index is 0.000576. The fourth-order valence-electron chi connectivity index (χ4n) is 5.78. The standard InChI is InChI=1S/C29H56O6Si2/c1-12-29(19-32-29)18-22(34-36(10,11)28(7,8)9)14-15-23-24-16-27(31-13-2)33-25(24)17-26(23)35-37(30,20(3)4)21(5)6/h14-15,20-27,30H,12-13,16-19H2,1-11H3/b15-14+/t22?,23-,24+,25-,26+,27?,29?/m0/s1. The lowest BCUT2D eigenvalue weighted by Gasteiger charge is -2.39. The summed E-state index contributed by atoms with van der Waals surface area (Å²) in [7, 11) is -4.89. The van der Waals surface area contributed by atoms with E-state index in [1.165, 1.54) is 0 Å². The topological polar surface area (TPSA) is 69.7 Å². The van der Waals surface area contributed by atoms with Gasteiger partial charge in [0, 0.05) is 25.4 Å². The summed E-state index contributed by atoms with van der Waals surface area (Å²) in [6.45, 7) is 25.6. The lowest BCUT2D eigenvalue weighted by Crippen LogP contribution is -2.49. The Labute approximate surface area is 229 Å². The third-order valence-electron chi connectivity index (χ3n) is 9.57. The van der Waals surface area contributed by atoms with Gasteiger partial charge in [-0.25, -0.2) is 0 Å². The Morgan fingerprint density at radius 1 is 1.08 bits per heavy atom. The van der Waals surface area contributed by atoms with Crippen LogP contribution in [0.1, 0.15) is 88.0 Å². The van der Waals surface area contributed by atoms with E-state index in [9.17, 15) is 4.80 Å². The van der Waals surface area contributed by atoms with Crippen LogP contribution in [-0.4, -0.2) is 65.1 Å². The van der Waals surface area contributed by atoms with Gasteiger partial charge >= 0.3 is 8.56 Å². The molecule has 3 aliphatic rings. The maximum atomic E-state index is 11.6. The molecule has 0 radical (unpaired) electrons. The first-order chi connectivity index (χ1) is 17.1. The van der Waals surface area contributed by atoms with Crippen LogP contribution in [0, 0.1) is 11.8 Å². The summed E-state index contributed by atoms with van der Waals surface area (Å²) in [5.41, 5.74) is 0.200. The van der Waals surface area contributed by atoms with E-state index in [0.29, 0.717) is 12.5 Å². The van der Waals surface area contributed by atoms with Crippen LogP contribution < -0.4 is 0 Å². The molecule has 1 N–H and O–H groups in total. The first-order valence-electron chi connectivity index (χ1n) is 14.7. The average Bonchev–Trinajstić information content (AvgIpc) is 3.34. The average molecular weight is 557 g/mol. The quantitative estimate of drug-likeness (QED) is 0.151. The highest BCUT2D eigenvalue weighted by Crippen LogP contribution is 2.48. The third kappa shape index (κ3) is 7.18. The minimum Gasteiger partial charge on any atom is -0.410 e. The lowest BCUT2D eigenvalue weighted by molar-refractivity contribution is -0.133. The molecule has 2 aliphatic heterocycles. The molecule has 0 aromatic rings. The molecular weight excluding hydrogens is 500 g/mol. The van der Waals surface area contributed by atoms with Crippen LogP contribution in [0.25, 0.3) is 0 Å². The molecule has 6 nitrogen and oxygen atoms in total. The van der Waals surface area contributed by atoms with Crippen molar-refractivity contribution in [2.75, 3.05) is 13.2 Å². The Hall–Kier alpha value is -0.0662. The van der Waals surface area contributed by atoms with Crippen LogP contribution in [0.3, 0.4) is 0 Å². The van der Waals surface area contributed by atoms with Gasteiger partial charge in [0.2, 0.25) is 0 Å². The molecule has 3 fully saturated rings. The van der Waals surface area contributed by atoms with Crippen LogP contribution in [0.15, 0.2) is 12.2 Å². The number of ether oxygens (including phenoxy) is 3. The first-order valence-corrected chi connectivity index (χ1v) is 19.7. The van der Waals surface area contributed by atoms with Gasteiger partial charge in [-0.15, -0.1) is 0 Å². The Morgan fingerprint density at radius 2 is 1.70 bits per heavy atom. The summed E-state index contributed by atoms with van der Waals surface area (Å²) in [6, 6.07) is 0. The zero-order valence-corrected chi connectivity index (χ0v) is 27.5. The van der Waals surface area contributed by atoms with Gasteiger partial charge in [-0.3, -0.25) is 0 Å².